The average molecular weight is 330 g/mol. The van der Waals surface area contributed by atoms with Crippen LogP contribution in [-0.4, -0.2) is 49.1 Å². The van der Waals surface area contributed by atoms with E-state index in [1.807, 2.05) is 26.0 Å². The summed E-state index contributed by atoms with van der Waals surface area (Å²) in [6, 6.07) is 3.57. The van der Waals surface area contributed by atoms with Crippen molar-refractivity contribution in [2.24, 2.45) is 0 Å². The Labute approximate surface area is 140 Å². The molecule has 3 rings (SSSR count). The Kier molecular flexibility index (Phi) is 4.48. The van der Waals surface area contributed by atoms with Gasteiger partial charge in [-0.15, -0.1) is 5.10 Å². The topological polar surface area (TPSA) is 96.2 Å². The van der Waals surface area contributed by atoms with Gasteiger partial charge in [-0.1, -0.05) is 11.3 Å². The molecular weight excluding hydrogens is 308 g/mol. The standard InChI is InChI=1S/C16H22N6O2/c1-3-22-11-14(19-20-22)18-15(23)21-8-6-16(24,7-9-21)13-5-4-12(2)10-17-13/h4-5,10-11,24H,3,6-9H2,1-2H3,(H,18,23). The van der Waals surface area contributed by atoms with Crippen LogP contribution in [0.2, 0.25) is 0 Å². The molecule has 1 fully saturated rings. The molecule has 128 valence electrons. The molecule has 1 aliphatic rings. The first-order chi connectivity index (χ1) is 11.5. The van der Waals surface area contributed by atoms with Gasteiger partial charge < -0.3 is 10.0 Å². The molecule has 2 N–H and O–H groups in total. The fraction of sp³-hybridized carbons (Fsp3) is 0.500. The summed E-state index contributed by atoms with van der Waals surface area (Å²) < 4.78 is 1.65. The molecule has 0 unspecified atom stereocenters. The van der Waals surface area contributed by atoms with Crippen molar-refractivity contribution in [1.29, 1.82) is 0 Å². The second kappa shape index (κ2) is 6.56. The molecule has 2 amide bonds. The molecular formula is C16H22N6O2. The van der Waals surface area contributed by atoms with Crippen molar-refractivity contribution in [2.75, 3.05) is 18.4 Å². The summed E-state index contributed by atoms with van der Waals surface area (Å²) in [5.74, 6) is 0.433. The third-order valence-electron chi connectivity index (χ3n) is 4.36. The van der Waals surface area contributed by atoms with Crippen molar-refractivity contribution >= 4 is 11.8 Å². The molecule has 0 saturated carbocycles. The van der Waals surface area contributed by atoms with E-state index >= 15 is 0 Å². The number of anilines is 1. The van der Waals surface area contributed by atoms with Gasteiger partial charge >= 0.3 is 6.03 Å². The zero-order valence-electron chi connectivity index (χ0n) is 13.9. The predicted octanol–water partition coefficient (Wildman–Crippen LogP) is 1.52. The number of aromatic nitrogens is 4. The van der Waals surface area contributed by atoms with E-state index in [0.29, 0.717) is 44.0 Å². The van der Waals surface area contributed by atoms with Gasteiger partial charge in [-0.05, 0) is 38.3 Å². The Morgan fingerprint density at radius 2 is 2.12 bits per heavy atom. The maximum Gasteiger partial charge on any atom is 0.323 e. The van der Waals surface area contributed by atoms with Crippen LogP contribution < -0.4 is 5.32 Å². The van der Waals surface area contributed by atoms with Crippen molar-refractivity contribution in [3.63, 3.8) is 0 Å². The number of pyridine rings is 1. The molecule has 0 aromatic carbocycles. The molecule has 0 atom stereocenters. The maximum absolute atomic E-state index is 12.3. The maximum atomic E-state index is 12.3. The lowest BCUT2D eigenvalue weighted by Crippen LogP contribution is -2.47. The number of likely N-dealkylation sites (tertiary alicyclic amines) is 1. The molecule has 8 heteroatoms. The summed E-state index contributed by atoms with van der Waals surface area (Å²) in [7, 11) is 0. The van der Waals surface area contributed by atoms with Crippen LogP contribution in [0.4, 0.5) is 10.6 Å². The Morgan fingerprint density at radius 3 is 2.71 bits per heavy atom. The fourth-order valence-corrected chi connectivity index (χ4v) is 2.78. The third kappa shape index (κ3) is 3.38. The number of piperidine rings is 1. The molecule has 2 aromatic rings. The highest BCUT2D eigenvalue weighted by molar-refractivity contribution is 5.88. The average Bonchev–Trinajstić information content (AvgIpc) is 3.03. The largest absolute Gasteiger partial charge is 0.383 e. The summed E-state index contributed by atoms with van der Waals surface area (Å²) in [5.41, 5.74) is 0.744. The molecule has 0 aliphatic carbocycles. The van der Waals surface area contributed by atoms with E-state index in [-0.39, 0.29) is 6.03 Å². The second-order valence-electron chi connectivity index (χ2n) is 6.13. The first kappa shape index (κ1) is 16.4. The normalized spacial score (nSPS) is 16.9. The van der Waals surface area contributed by atoms with E-state index < -0.39 is 5.60 Å². The first-order valence-electron chi connectivity index (χ1n) is 8.12. The molecule has 1 aliphatic heterocycles. The van der Waals surface area contributed by atoms with Gasteiger partial charge in [0.1, 0.15) is 5.60 Å². The number of carbonyl (C=O) groups excluding carboxylic acids is 1. The highest BCUT2D eigenvalue weighted by Gasteiger charge is 2.36. The van der Waals surface area contributed by atoms with Gasteiger partial charge in [0.05, 0.1) is 11.9 Å². The molecule has 0 bridgehead atoms. The molecule has 2 aromatic heterocycles. The van der Waals surface area contributed by atoms with Gasteiger partial charge in [-0.3, -0.25) is 15.0 Å². The Bertz CT molecular complexity index is 704. The van der Waals surface area contributed by atoms with Crippen LogP contribution in [0.25, 0.3) is 0 Å². The Morgan fingerprint density at radius 1 is 1.38 bits per heavy atom. The van der Waals surface area contributed by atoms with Crippen LogP contribution in [0, 0.1) is 6.92 Å². The fourth-order valence-electron chi connectivity index (χ4n) is 2.78. The van der Waals surface area contributed by atoms with E-state index in [4.69, 9.17) is 0 Å². The molecule has 0 radical (unpaired) electrons. The van der Waals surface area contributed by atoms with Crippen LogP contribution in [0.5, 0.6) is 0 Å². The number of aryl methyl sites for hydroxylation is 2. The number of hydrogen-bond acceptors (Lipinski definition) is 5. The minimum atomic E-state index is -0.976. The number of hydrogen-bond donors (Lipinski definition) is 2. The van der Waals surface area contributed by atoms with Crippen molar-refractivity contribution in [3.05, 3.63) is 35.8 Å². The van der Waals surface area contributed by atoms with Gasteiger partial charge in [0.2, 0.25) is 0 Å². The summed E-state index contributed by atoms with van der Waals surface area (Å²) in [6.07, 6.45) is 4.36. The number of urea groups is 1. The highest BCUT2D eigenvalue weighted by atomic mass is 16.3. The van der Waals surface area contributed by atoms with Crippen LogP contribution in [-0.2, 0) is 12.1 Å². The SMILES string of the molecule is CCn1cc(NC(=O)N2CCC(O)(c3ccc(C)cn3)CC2)nn1. The van der Waals surface area contributed by atoms with E-state index in [9.17, 15) is 9.90 Å². The lowest BCUT2D eigenvalue weighted by Gasteiger charge is -2.37. The molecule has 0 spiro atoms. The monoisotopic (exact) mass is 330 g/mol. The van der Waals surface area contributed by atoms with Crippen LogP contribution in [0.1, 0.15) is 31.0 Å². The lowest BCUT2D eigenvalue weighted by atomic mass is 9.87. The quantitative estimate of drug-likeness (QED) is 0.889. The number of nitrogens with one attached hydrogen (secondary N) is 1. The van der Waals surface area contributed by atoms with E-state index in [1.54, 1.807) is 22.0 Å². The van der Waals surface area contributed by atoms with Gasteiger partial charge in [-0.25, -0.2) is 4.79 Å². The van der Waals surface area contributed by atoms with Gasteiger partial charge in [0.25, 0.3) is 0 Å². The number of aliphatic hydroxyl groups is 1. The Hall–Kier alpha value is -2.48. The minimum absolute atomic E-state index is 0.225. The van der Waals surface area contributed by atoms with Gasteiger partial charge in [0, 0.05) is 25.8 Å². The van der Waals surface area contributed by atoms with Crippen molar-refractivity contribution < 1.29 is 9.90 Å². The number of nitrogens with zero attached hydrogens (tertiary/aromatic N) is 5. The zero-order chi connectivity index (χ0) is 17.2. The van der Waals surface area contributed by atoms with Crippen LogP contribution in [0.3, 0.4) is 0 Å². The number of amides is 2. The zero-order valence-corrected chi connectivity index (χ0v) is 13.9. The van der Waals surface area contributed by atoms with Crippen LogP contribution >= 0.6 is 0 Å². The summed E-state index contributed by atoms with van der Waals surface area (Å²) in [6.45, 7) is 5.52. The summed E-state index contributed by atoms with van der Waals surface area (Å²) in [5, 5.41) is 21.3. The molecule has 3 heterocycles. The first-order valence-corrected chi connectivity index (χ1v) is 8.12. The smallest absolute Gasteiger partial charge is 0.323 e. The molecule has 24 heavy (non-hydrogen) atoms. The van der Waals surface area contributed by atoms with Gasteiger partial charge in [0.15, 0.2) is 5.82 Å². The third-order valence-corrected chi connectivity index (χ3v) is 4.36. The van der Waals surface area contributed by atoms with E-state index in [0.717, 1.165) is 5.56 Å². The minimum Gasteiger partial charge on any atom is -0.383 e. The van der Waals surface area contributed by atoms with Crippen molar-refractivity contribution in [2.45, 2.75) is 38.8 Å². The van der Waals surface area contributed by atoms with Crippen LogP contribution in [0.15, 0.2) is 24.5 Å². The van der Waals surface area contributed by atoms with Gasteiger partial charge in [-0.2, -0.15) is 0 Å². The second-order valence-corrected chi connectivity index (χ2v) is 6.13. The van der Waals surface area contributed by atoms with E-state index in [2.05, 4.69) is 20.6 Å². The van der Waals surface area contributed by atoms with Crippen molar-refractivity contribution in [1.82, 2.24) is 24.9 Å². The molecule has 1 saturated heterocycles. The van der Waals surface area contributed by atoms with Crippen molar-refractivity contribution in [3.8, 4) is 0 Å². The highest BCUT2D eigenvalue weighted by Crippen LogP contribution is 2.31. The summed E-state index contributed by atoms with van der Waals surface area (Å²) >= 11 is 0. The lowest BCUT2D eigenvalue weighted by molar-refractivity contribution is -0.0193. The molecule has 8 nitrogen and oxygen atoms in total. The number of carbonyl (C=O) groups is 1. The predicted molar refractivity (Wildman–Crippen MR) is 88.4 cm³/mol. The Balaban J connectivity index is 1.59. The summed E-state index contributed by atoms with van der Waals surface area (Å²) in [4.78, 5) is 18.3. The van der Waals surface area contributed by atoms with E-state index in [1.165, 1.54) is 0 Å². The number of rotatable bonds is 3.